The number of nitrogens with two attached hydrogens (primary N) is 6. The van der Waals surface area contributed by atoms with Crippen LogP contribution in [0.2, 0.25) is 0 Å². The molecular weight excluding hydrogens is 558 g/mol. The fraction of sp³-hybridized carbons (Fsp3) is 0.741. The Bertz CT molecular complexity index is 990. The zero-order valence-electron chi connectivity index (χ0n) is 25.2. The average Bonchev–Trinajstić information content (AvgIpc) is 2.94. The van der Waals surface area contributed by atoms with Crippen molar-refractivity contribution in [1.29, 1.82) is 0 Å². The second-order valence-electron chi connectivity index (χ2n) is 11.1. The van der Waals surface area contributed by atoms with Gasteiger partial charge in [-0.3, -0.25) is 34.0 Å². The van der Waals surface area contributed by atoms with Crippen LogP contribution in [0.15, 0.2) is 9.98 Å². The Labute approximate surface area is 253 Å². The number of primary amides is 2. The minimum Gasteiger partial charge on any atom is -0.370 e. The molecule has 1 aliphatic rings. The first kappa shape index (κ1) is 36.9. The van der Waals surface area contributed by atoms with E-state index in [0.29, 0.717) is 32.2 Å². The van der Waals surface area contributed by atoms with Gasteiger partial charge in [0.1, 0.15) is 18.1 Å². The van der Waals surface area contributed by atoms with Crippen molar-refractivity contribution in [2.75, 3.05) is 13.1 Å². The molecule has 0 radical (unpaired) electrons. The quantitative estimate of drug-likeness (QED) is 0.0414. The first-order chi connectivity index (χ1) is 20.3. The van der Waals surface area contributed by atoms with Crippen molar-refractivity contribution in [1.82, 2.24) is 16.0 Å². The Morgan fingerprint density at radius 3 is 1.67 bits per heavy atom. The maximum Gasteiger partial charge on any atom is 0.243 e. The highest BCUT2D eigenvalue weighted by molar-refractivity contribution is 5.94. The molecule has 1 rings (SSSR count). The number of hydrogen-bond acceptors (Lipinski definition) is 7. The molecular formula is C27H51N11O5. The van der Waals surface area contributed by atoms with Crippen LogP contribution in [-0.2, 0) is 24.0 Å². The molecule has 0 unspecified atom stereocenters. The predicted molar refractivity (Wildman–Crippen MR) is 164 cm³/mol. The number of rotatable bonds is 20. The van der Waals surface area contributed by atoms with Crippen LogP contribution in [0.4, 0.5) is 0 Å². The summed E-state index contributed by atoms with van der Waals surface area (Å²) in [5.41, 5.74) is 32.3. The SMILES string of the molecule is C[C@@H](CCCN=C(N)N)C(=O)N[C@@H](CCC(N)=O)C(=O)N[C@@H](CCCN=C(N)N)C(=O)N[C@@H](CC1CCCCC1)C(N)=O. The summed E-state index contributed by atoms with van der Waals surface area (Å²) in [5.74, 6) is -3.44. The average molecular weight is 610 g/mol. The van der Waals surface area contributed by atoms with Crippen LogP contribution in [0, 0.1) is 11.8 Å². The summed E-state index contributed by atoms with van der Waals surface area (Å²) in [6.07, 6.45) is 6.73. The van der Waals surface area contributed by atoms with Gasteiger partial charge in [-0.2, -0.15) is 0 Å². The molecule has 1 saturated carbocycles. The molecule has 0 aromatic rings. The minimum absolute atomic E-state index is 0.0479. The zero-order valence-corrected chi connectivity index (χ0v) is 25.2. The van der Waals surface area contributed by atoms with Crippen molar-refractivity contribution < 1.29 is 24.0 Å². The van der Waals surface area contributed by atoms with E-state index in [2.05, 4.69) is 25.9 Å². The third kappa shape index (κ3) is 16.2. The summed E-state index contributed by atoms with van der Waals surface area (Å²) in [6, 6.07) is -3.15. The lowest BCUT2D eigenvalue weighted by atomic mass is 9.84. The van der Waals surface area contributed by atoms with Gasteiger partial charge in [-0.1, -0.05) is 39.0 Å². The largest absolute Gasteiger partial charge is 0.370 e. The van der Waals surface area contributed by atoms with Crippen LogP contribution in [0.3, 0.4) is 0 Å². The van der Waals surface area contributed by atoms with E-state index >= 15 is 0 Å². The van der Waals surface area contributed by atoms with Crippen molar-refractivity contribution in [2.45, 2.75) is 102 Å². The van der Waals surface area contributed by atoms with Crippen molar-refractivity contribution >= 4 is 41.5 Å². The topological polar surface area (TPSA) is 302 Å². The van der Waals surface area contributed by atoms with E-state index in [-0.39, 0.29) is 43.6 Å². The highest BCUT2D eigenvalue weighted by atomic mass is 16.2. The Morgan fingerprint density at radius 1 is 0.674 bits per heavy atom. The first-order valence-corrected chi connectivity index (χ1v) is 14.9. The fourth-order valence-corrected chi connectivity index (χ4v) is 4.93. The van der Waals surface area contributed by atoms with Crippen LogP contribution >= 0.6 is 0 Å². The highest BCUT2D eigenvalue weighted by Gasteiger charge is 2.31. The van der Waals surface area contributed by atoms with Gasteiger partial charge in [-0.15, -0.1) is 0 Å². The third-order valence-electron chi connectivity index (χ3n) is 7.38. The van der Waals surface area contributed by atoms with E-state index in [0.717, 1.165) is 32.1 Å². The zero-order chi connectivity index (χ0) is 32.4. The van der Waals surface area contributed by atoms with Crippen LogP contribution in [0.5, 0.6) is 0 Å². The van der Waals surface area contributed by atoms with Crippen LogP contribution in [-0.4, -0.2) is 72.7 Å². The third-order valence-corrected chi connectivity index (χ3v) is 7.38. The first-order valence-electron chi connectivity index (χ1n) is 14.9. The number of aliphatic imine (C=N–C) groups is 2. The van der Waals surface area contributed by atoms with Gasteiger partial charge in [0.25, 0.3) is 0 Å². The molecule has 4 atom stereocenters. The van der Waals surface area contributed by atoms with E-state index in [1.54, 1.807) is 6.92 Å². The molecule has 0 heterocycles. The molecule has 43 heavy (non-hydrogen) atoms. The van der Waals surface area contributed by atoms with Crippen molar-refractivity contribution in [3.8, 4) is 0 Å². The number of nitrogens with one attached hydrogen (secondary N) is 3. The van der Waals surface area contributed by atoms with Crippen LogP contribution in [0.25, 0.3) is 0 Å². The molecule has 1 fully saturated rings. The number of guanidine groups is 2. The summed E-state index contributed by atoms with van der Waals surface area (Å²) in [5, 5.41) is 8.02. The Hall–Kier alpha value is -4.11. The maximum atomic E-state index is 13.4. The number of amides is 5. The summed E-state index contributed by atoms with van der Waals surface area (Å²) in [6.45, 7) is 2.22. The Kier molecular flexibility index (Phi) is 17.1. The Balaban J connectivity index is 3.01. The molecule has 0 aliphatic heterocycles. The smallest absolute Gasteiger partial charge is 0.243 e. The molecule has 0 saturated heterocycles. The van der Waals surface area contributed by atoms with Gasteiger partial charge in [0.15, 0.2) is 11.9 Å². The van der Waals surface area contributed by atoms with Gasteiger partial charge >= 0.3 is 0 Å². The second-order valence-corrected chi connectivity index (χ2v) is 11.1. The highest BCUT2D eigenvalue weighted by Crippen LogP contribution is 2.27. The van der Waals surface area contributed by atoms with Crippen molar-refractivity contribution in [3.63, 3.8) is 0 Å². The molecule has 1 aliphatic carbocycles. The number of hydrogen-bond donors (Lipinski definition) is 9. The molecule has 0 bridgehead atoms. The summed E-state index contributed by atoms with van der Waals surface area (Å²) in [4.78, 5) is 71.1. The van der Waals surface area contributed by atoms with E-state index < -0.39 is 53.6 Å². The van der Waals surface area contributed by atoms with E-state index in [1.165, 1.54) is 0 Å². The standard InChI is InChI=1S/C27H51N11O5/c1-16(7-5-13-34-26(30)31)23(41)36-19(11-12-21(28)39)25(43)37-18(10-6-14-35-27(32)33)24(42)38-20(22(29)40)15-17-8-3-2-4-9-17/h16-20H,2-15H2,1H3,(H2,28,39)(H2,29,40)(H,36,41)(H,37,43)(H,38,42)(H4,30,31,34)(H4,32,33,35)/t16-,18-,19-,20-/m0/s1. The summed E-state index contributed by atoms with van der Waals surface area (Å²) in [7, 11) is 0. The molecule has 244 valence electrons. The van der Waals surface area contributed by atoms with Gasteiger partial charge < -0.3 is 50.4 Å². The molecule has 16 nitrogen and oxygen atoms in total. The lowest BCUT2D eigenvalue weighted by molar-refractivity contribution is -0.134. The molecule has 5 amide bonds. The van der Waals surface area contributed by atoms with Gasteiger partial charge in [0.2, 0.25) is 29.5 Å². The predicted octanol–water partition coefficient (Wildman–Crippen LogP) is -2.09. The molecule has 15 N–H and O–H groups in total. The monoisotopic (exact) mass is 609 g/mol. The van der Waals surface area contributed by atoms with Gasteiger partial charge in [0, 0.05) is 25.4 Å². The Morgan fingerprint density at radius 2 is 1.16 bits per heavy atom. The molecule has 0 aromatic carbocycles. The van der Waals surface area contributed by atoms with Gasteiger partial charge in [-0.05, 0) is 44.4 Å². The van der Waals surface area contributed by atoms with Crippen molar-refractivity contribution in [2.24, 2.45) is 56.2 Å². The second kappa shape index (κ2) is 19.9. The lowest BCUT2D eigenvalue weighted by Crippen LogP contribution is -2.57. The van der Waals surface area contributed by atoms with E-state index in [9.17, 15) is 24.0 Å². The molecule has 0 spiro atoms. The normalized spacial score (nSPS) is 16.0. The van der Waals surface area contributed by atoms with Crippen LogP contribution < -0.4 is 50.4 Å². The van der Waals surface area contributed by atoms with Gasteiger partial charge in [-0.25, -0.2) is 0 Å². The molecule has 16 heteroatoms. The van der Waals surface area contributed by atoms with Gasteiger partial charge in [0.05, 0.1) is 0 Å². The summed E-state index contributed by atoms with van der Waals surface area (Å²) < 4.78 is 0. The maximum absolute atomic E-state index is 13.4. The number of nitrogens with zero attached hydrogens (tertiary/aromatic N) is 2. The summed E-state index contributed by atoms with van der Waals surface area (Å²) >= 11 is 0. The van der Waals surface area contributed by atoms with Crippen LogP contribution in [0.1, 0.15) is 84.0 Å². The van der Waals surface area contributed by atoms with E-state index in [4.69, 9.17) is 34.4 Å². The number of carbonyl (C=O) groups excluding carboxylic acids is 5. The van der Waals surface area contributed by atoms with E-state index in [1.807, 2.05) is 0 Å². The minimum atomic E-state index is -1.15. The number of carbonyl (C=O) groups is 5. The lowest BCUT2D eigenvalue weighted by Gasteiger charge is -2.28. The fourth-order valence-electron chi connectivity index (χ4n) is 4.93. The molecule has 0 aromatic heterocycles. The van der Waals surface area contributed by atoms with Crippen molar-refractivity contribution in [3.05, 3.63) is 0 Å².